The number of methoxy groups -OCH3 is 1. The van der Waals surface area contributed by atoms with Gasteiger partial charge in [0, 0.05) is 23.0 Å². The Morgan fingerprint density at radius 1 is 1.56 bits per heavy atom. The van der Waals surface area contributed by atoms with E-state index in [-0.39, 0.29) is 5.54 Å². The summed E-state index contributed by atoms with van der Waals surface area (Å²) in [5.41, 5.74) is 8.20. The molecule has 1 saturated carbocycles. The molecule has 16 heavy (non-hydrogen) atoms. The molecule has 2 rings (SSSR count). The lowest BCUT2D eigenvalue weighted by atomic mass is 10.0. The topological polar surface area (TPSA) is 48.1 Å². The maximum Gasteiger partial charge on any atom is 0.143 e. The van der Waals surface area contributed by atoms with Crippen molar-refractivity contribution in [3.05, 3.63) is 22.5 Å². The van der Waals surface area contributed by atoms with Gasteiger partial charge < -0.3 is 10.5 Å². The molecule has 0 unspecified atom stereocenters. The first kappa shape index (κ1) is 11.7. The van der Waals surface area contributed by atoms with Gasteiger partial charge in [-0.1, -0.05) is 11.6 Å². The first-order chi connectivity index (χ1) is 7.56. The van der Waals surface area contributed by atoms with Crippen LogP contribution < -0.4 is 10.5 Å². The van der Waals surface area contributed by atoms with Gasteiger partial charge in [-0.15, -0.1) is 0 Å². The number of nitrogens with two attached hydrogens (primary N) is 1. The number of hydrogen-bond acceptors (Lipinski definition) is 3. The van der Waals surface area contributed by atoms with E-state index in [2.05, 4.69) is 4.98 Å². The number of hydrogen-bond donors (Lipinski definition) is 1. The Morgan fingerprint density at radius 3 is 2.81 bits per heavy atom. The van der Waals surface area contributed by atoms with Crippen molar-refractivity contribution in [1.29, 1.82) is 0 Å². The summed E-state index contributed by atoms with van der Waals surface area (Å²) in [6.45, 7) is 1.99. The molecule has 1 aliphatic rings. The molecule has 1 aromatic rings. The van der Waals surface area contributed by atoms with E-state index in [1.54, 1.807) is 13.3 Å². The number of halogens is 1. The summed E-state index contributed by atoms with van der Waals surface area (Å²) >= 11 is 5.99. The van der Waals surface area contributed by atoms with Crippen LogP contribution in [0.5, 0.6) is 5.75 Å². The Kier molecular flexibility index (Phi) is 3.08. The number of ether oxygens (including phenoxy) is 1. The van der Waals surface area contributed by atoms with E-state index < -0.39 is 0 Å². The summed E-state index contributed by atoms with van der Waals surface area (Å²) in [7, 11) is 1.63. The van der Waals surface area contributed by atoms with Crippen molar-refractivity contribution in [1.82, 2.24) is 4.98 Å². The fourth-order valence-corrected chi connectivity index (χ4v) is 2.15. The van der Waals surface area contributed by atoms with E-state index in [9.17, 15) is 0 Å². The Bertz CT molecular complexity index is 402. The third-order valence-corrected chi connectivity index (χ3v) is 3.55. The zero-order chi connectivity index (χ0) is 11.8. The SMILES string of the molecule is COc1c(Cl)cnc(CCC2(N)CC2)c1C. The number of aromatic nitrogens is 1. The molecule has 88 valence electrons. The van der Waals surface area contributed by atoms with E-state index in [0.717, 1.165) is 42.7 Å². The minimum atomic E-state index is 0.0704. The van der Waals surface area contributed by atoms with Gasteiger partial charge in [-0.05, 0) is 32.6 Å². The monoisotopic (exact) mass is 240 g/mol. The highest BCUT2D eigenvalue weighted by Crippen LogP contribution is 2.37. The molecule has 3 nitrogen and oxygen atoms in total. The average Bonchev–Trinajstić information content (AvgIpc) is 2.97. The van der Waals surface area contributed by atoms with Crippen molar-refractivity contribution in [2.45, 2.75) is 38.1 Å². The quantitative estimate of drug-likeness (QED) is 0.880. The maximum absolute atomic E-state index is 6.06. The normalized spacial score (nSPS) is 17.2. The van der Waals surface area contributed by atoms with E-state index in [1.165, 1.54) is 0 Å². The predicted molar refractivity (Wildman–Crippen MR) is 65.0 cm³/mol. The summed E-state index contributed by atoms with van der Waals surface area (Å²) in [4.78, 5) is 4.35. The summed E-state index contributed by atoms with van der Waals surface area (Å²) in [6.07, 6.45) is 5.81. The molecule has 1 heterocycles. The lowest BCUT2D eigenvalue weighted by molar-refractivity contribution is 0.410. The van der Waals surface area contributed by atoms with Crippen LogP contribution in [-0.4, -0.2) is 17.6 Å². The summed E-state index contributed by atoms with van der Waals surface area (Å²) in [5.74, 6) is 0.730. The van der Waals surface area contributed by atoms with Crippen LogP contribution in [-0.2, 0) is 6.42 Å². The highest BCUT2D eigenvalue weighted by Gasteiger charge is 2.37. The molecule has 1 fully saturated rings. The summed E-state index contributed by atoms with van der Waals surface area (Å²) < 4.78 is 5.26. The van der Waals surface area contributed by atoms with Crippen LogP contribution in [0.2, 0.25) is 5.02 Å². The highest BCUT2D eigenvalue weighted by molar-refractivity contribution is 6.32. The minimum Gasteiger partial charge on any atom is -0.495 e. The Hall–Kier alpha value is -0.800. The number of pyridine rings is 1. The molecule has 0 saturated heterocycles. The van der Waals surface area contributed by atoms with Crippen molar-refractivity contribution in [2.24, 2.45) is 5.73 Å². The van der Waals surface area contributed by atoms with Gasteiger partial charge >= 0.3 is 0 Å². The molecule has 0 amide bonds. The smallest absolute Gasteiger partial charge is 0.143 e. The first-order valence-electron chi connectivity index (χ1n) is 5.52. The van der Waals surface area contributed by atoms with Gasteiger partial charge in [-0.3, -0.25) is 4.98 Å². The first-order valence-corrected chi connectivity index (χ1v) is 5.90. The van der Waals surface area contributed by atoms with Gasteiger partial charge in [0.2, 0.25) is 0 Å². The third kappa shape index (κ3) is 2.30. The molecule has 0 radical (unpaired) electrons. The minimum absolute atomic E-state index is 0.0704. The molecule has 0 spiro atoms. The van der Waals surface area contributed by atoms with Crippen LogP contribution in [0.15, 0.2) is 6.20 Å². The molecule has 2 N–H and O–H groups in total. The van der Waals surface area contributed by atoms with E-state index >= 15 is 0 Å². The molecule has 4 heteroatoms. The lowest BCUT2D eigenvalue weighted by Crippen LogP contribution is -2.22. The van der Waals surface area contributed by atoms with Gasteiger partial charge in [-0.2, -0.15) is 0 Å². The van der Waals surface area contributed by atoms with Crippen molar-refractivity contribution in [2.75, 3.05) is 7.11 Å². The largest absolute Gasteiger partial charge is 0.495 e. The summed E-state index contributed by atoms with van der Waals surface area (Å²) in [5, 5.41) is 0.567. The standard InChI is InChI=1S/C12H17ClN2O/c1-8-10(3-4-12(14)5-6-12)15-7-9(13)11(8)16-2/h7H,3-6,14H2,1-2H3. The van der Waals surface area contributed by atoms with Crippen LogP contribution in [0.25, 0.3) is 0 Å². The van der Waals surface area contributed by atoms with Crippen molar-refractivity contribution in [3.8, 4) is 5.75 Å². The Labute approximate surface area is 101 Å². The highest BCUT2D eigenvalue weighted by atomic mass is 35.5. The Morgan fingerprint density at radius 2 is 2.25 bits per heavy atom. The van der Waals surface area contributed by atoms with Crippen molar-refractivity contribution in [3.63, 3.8) is 0 Å². The van der Waals surface area contributed by atoms with Gasteiger partial charge in [0.25, 0.3) is 0 Å². The van der Waals surface area contributed by atoms with Gasteiger partial charge in [-0.25, -0.2) is 0 Å². The lowest BCUT2D eigenvalue weighted by Gasteiger charge is -2.13. The maximum atomic E-state index is 6.06. The number of aryl methyl sites for hydroxylation is 1. The molecule has 0 atom stereocenters. The second-order valence-corrected chi connectivity index (χ2v) is 4.98. The fraction of sp³-hybridized carbons (Fsp3) is 0.583. The summed E-state index contributed by atoms with van der Waals surface area (Å²) in [6, 6.07) is 0. The number of nitrogens with zero attached hydrogens (tertiary/aromatic N) is 1. The second-order valence-electron chi connectivity index (χ2n) is 4.57. The fourth-order valence-electron chi connectivity index (χ4n) is 1.88. The van der Waals surface area contributed by atoms with Crippen LogP contribution in [0, 0.1) is 6.92 Å². The zero-order valence-corrected chi connectivity index (χ0v) is 10.5. The van der Waals surface area contributed by atoms with Crippen LogP contribution >= 0.6 is 11.6 Å². The average molecular weight is 241 g/mol. The van der Waals surface area contributed by atoms with Crippen LogP contribution in [0.4, 0.5) is 0 Å². The molecule has 0 bridgehead atoms. The van der Waals surface area contributed by atoms with E-state index in [1.807, 2.05) is 6.92 Å². The predicted octanol–water partition coefficient (Wildman–Crippen LogP) is 2.48. The third-order valence-electron chi connectivity index (χ3n) is 3.28. The van der Waals surface area contributed by atoms with Crippen LogP contribution in [0.1, 0.15) is 30.5 Å². The van der Waals surface area contributed by atoms with Crippen molar-refractivity contribution >= 4 is 11.6 Å². The van der Waals surface area contributed by atoms with E-state index in [4.69, 9.17) is 22.1 Å². The molecule has 0 aliphatic heterocycles. The second kappa shape index (κ2) is 4.22. The van der Waals surface area contributed by atoms with Crippen molar-refractivity contribution < 1.29 is 4.74 Å². The van der Waals surface area contributed by atoms with Gasteiger partial charge in [0.1, 0.15) is 10.8 Å². The molecule has 1 aliphatic carbocycles. The molecule has 1 aromatic heterocycles. The van der Waals surface area contributed by atoms with Gasteiger partial charge in [0.05, 0.1) is 7.11 Å². The molecular formula is C12H17ClN2O. The Balaban J connectivity index is 2.14. The molecule has 0 aromatic carbocycles. The van der Waals surface area contributed by atoms with E-state index in [0.29, 0.717) is 5.02 Å². The molecular weight excluding hydrogens is 224 g/mol. The van der Waals surface area contributed by atoms with Gasteiger partial charge in [0.15, 0.2) is 0 Å². The van der Waals surface area contributed by atoms with Crippen LogP contribution in [0.3, 0.4) is 0 Å². The zero-order valence-electron chi connectivity index (χ0n) is 9.72. The number of rotatable bonds is 4.